The lowest BCUT2D eigenvalue weighted by molar-refractivity contribution is -0.130. The third-order valence-corrected chi connectivity index (χ3v) is 5.44. The molecular formula is C25H28FN5O3. The van der Waals surface area contributed by atoms with E-state index in [1.54, 1.807) is 12.4 Å². The summed E-state index contributed by atoms with van der Waals surface area (Å²) in [4.78, 5) is 24.2. The number of hydrogen-bond acceptors (Lipinski definition) is 6. The molecule has 2 amide bonds. The van der Waals surface area contributed by atoms with Crippen molar-refractivity contribution < 1.29 is 19.2 Å². The summed E-state index contributed by atoms with van der Waals surface area (Å²) in [7, 11) is 0. The molecule has 8 nitrogen and oxygen atoms in total. The average molecular weight is 466 g/mol. The lowest BCUT2D eigenvalue weighted by atomic mass is 9.99. The Hall–Kier alpha value is -3.95. The van der Waals surface area contributed by atoms with Crippen LogP contribution in [0, 0.1) is 12.7 Å². The molecule has 0 fully saturated rings. The van der Waals surface area contributed by atoms with Crippen LogP contribution in [0.3, 0.4) is 0 Å². The number of carbonyl (C=O) groups is 2. The molecule has 0 spiro atoms. The lowest BCUT2D eigenvalue weighted by Crippen LogP contribution is -2.42. The Morgan fingerprint density at radius 3 is 2.56 bits per heavy atom. The minimum Gasteiger partial charge on any atom is -0.399 e. The van der Waals surface area contributed by atoms with Gasteiger partial charge in [0, 0.05) is 17.5 Å². The van der Waals surface area contributed by atoms with Crippen LogP contribution in [-0.2, 0) is 11.2 Å². The fraction of sp³-hybridized carbons (Fsp3) is 0.200. The number of hydroxylamine groups is 1. The molecule has 3 aromatic carbocycles. The van der Waals surface area contributed by atoms with Crippen molar-refractivity contribution in [2.75, 3.05) is 6.54 Å². The van der Waals surface area contributed by atoms with Crippen molar-refractivity contribution in [1.82, 2.24) is 15.8 Å². The molecule has 0 bridgehead atoms. The highest BCUT2D eigenvalue weighted by Crippen LogP contribution is 2.18. The molecule has 9 heteroatoms. The van der Waals surface area contributed by atoms with Crippen LogP contribution in [0.5, 0.6) is 0 Å². The van der Waals surface area contributed by atoms with Crippen LogP contribution < -0.4 is 22.4 Å². The number of fused-ring (bicyclic) bond motifs is 1. The summed E-state index contributed by atoms with van der Waals surface area (Å²) >= 11 is 0. The summed E-state index contributed by atoms with van der Waals surface area (Å²) in [6.07, 6.45) is 1.77. The van der Waals surface area contributed by atoms with Gasteiger partial charge in [0.25, 0.3) is 5.91 Å². The second-order valence-corrected chi connectivity index (χ2v) is 8.08. The number of benzene rings is 3. The maximum absolute atomic E-state index is 13.4. The van der Waals surface area contributed by atoms with Gasteiger partial charge in [-0.3, -0.25) is 14.8 Å². The average Bonchev–Trinajstić information content (AvgIpc) is 2.83. The Bertz CT molecular complexity index is 1210. The monoisotopic (exact) mass is 465 g/mol. The van der Waals surface area contributed by atoms with Gasteiger partial charge in [-0.15, -0.1) is 0 Å². The van der Waals surface area contributed by atoms with Gasteiger partial charge in [-0.1, -0.05) is 42.5 Å². The van der Waals surface area contributed by atoms with Gasteiger partial charge in [-0.25, -0.2) is 15.7 Å². The van der Waals surface area contributed by atoms with Crippen molar-refractivity contribution in [2.24, 2.45) is 11.6 Å². The van der Waals surface area contributed by atoms with Crippen molar-refractivity contribution in [1.29, 1.82) is 0 Å². The molecule has 0 heterocycles. The van der Waals surface area contributed by atoms with E-state index in [4.69, 9.17) is 16.8 Å². The molecule has 0 aliphatic carbocycles. The van der Waals surface area contributed by atoms with Gasteiger partial charge in [-0.2, -0.15) is 0 Å². The van der Waals surface area contributed by atoms with Gasteiger partial charge < -0.3 is 16.1 Å². The Kier molecular flexibility index (Phi) is 8.18. The maximum Gasteiger partial charge on any atom is 0.251 e. The number of rotatable bonds is 9. The van der Waals surface area contributed by atoms with E-state index in [1.807, 2.05) is 42.5 Å². The number of hydrazine groups is 1. The summed E-state index contributed by atoms with van der Waals surface area (Å²) in [6, 6.07) is 17.4. The highest BCUT2D eigenvalue weighted by molar-refractivity contribution is 5.94. The van der Waals surface area contributed by atoms with E-state index in [9.17, 15) is 14.0 Å². The van der Waals surface area contributed by atoms with Gasteiger partial charge in [-0.05, 0) is 53.4 Å². The van der Waals surface area contributed by atoms with Gasteiger partial charge in [0.1, 0.15) is 5.82 Å². The number of aryl methyl sites for hydroxylation is 1. The summed E-state index contributed by atoms with van der Waals surface area (Å²) in [5.41, 5.74) is 9.55. The van der Waals surface area contributed by atoms with Crippen LogP contribution in [0.25, 0.3) is 10.8 Å². The molecule has 178 valence electrons. The van der Waals surface area contributed by atoms with Crippen molar-refractivity contribution in [3.8, 4) is 0 Å². The van der Waals surface area contributed by atoms with Crippen LogP contribution in [-0.4, -0.2) is 34.6 Å². The van der Waals surface area contributed by atoms with Crippen LogP contribution in [0.2, 0.25) is 0 Å². The fourth-order valence-corrected chi connectivity index (χ4v) is 3.59. The summed E-state index contributed by atoms with van der Waals surface area (Å²) in [5.74, 6) is 4.81. The summed E-state index contributed by atoms with van der Waals surface area (Å²) in [6.45, 7) is 1.57. The Balaban J connectivity index is 1.68. The number of nitrogens with one attached hydrogen (secondary N) is 2. The first-order valence-corrected chi connectivity index (χ1v) is 10.7. The normalized spacial score (nSPS) is 12.3. The molecule has 34 heavy (non-hydrogen) atoms. The highest BCUT2D eigenvalue weighted by Gasteiger charge is 2.19. The van der Waals surface area contributed by atoms with Crippen LogP contribution >= 0.6 is 0 Å². The van der Waals surface area contributed by atoms with E-state index in [1.165, 1.54) is 29.4 Å². The topological polar surface area (TPSA) is 134 Å². The van der Waals surface area contributed by atoms with E-state index < -0.39 is 17.9 Å². The number of halogens is 1. The van der Waals surface area contributed by atoms with Crippen molar-refractivity contribution in [3.63, 3.8) is 0 Å². The molecule has 3 rings (SSSR count). The molecule has 0 radical (unpaired) electrons. The van der Waals surface area contributed by atoms with E-state index in [2.05, 4.69) is 5.32 Å². The van der Waals surface area contributed by atoms with E-state index >= 15 is 0 Å². The third kappa shape index (κ3) is 6.53. The predicted octanol–water partition coefficient (Wildman–Crippen LogP) is 2.50. The van der Waals surface area contributed by atoms with Crippen LogP contribution in [0.1, 0.15) is 27.9 Å². The Morgan fingerprint density at radius 2 is 1.85 bits per heavy atom. The SMILES string of the molecule is Cc1cc(C(=O)NC/C(N)=C/N(N)C(CC(=O)NO)Cc2ccc3ccccc3c2)ccc1F. The number of carbonyl (C=O) groups excluding carboxylic acids is 2. The van der Waals surface area contributed by atoms with Gasteiger partial charge >= 0.3 is 0 Å². The standard InChI is InChI=1S/C25H28FN5O3/c1-16-10-20(8-9-23(16)26)25(33)29-14-21(27)15-31(28)22(13-24(32)30-34)12-17-6-7-18-4-2-3-5-19(18)11-17/h2-11,15,22,34H,12-14,27-28H2,1H3,(H,29,33)(H,30,32)/b21-15-. The zero-order valence-electron chi connectivity index (χ0n) is 18.8. The van der Waals surface area contributed by atoms with Crippen molar-refractivity contribution in [2.45, 2.75) is 25.8 Å². The molecule has 0 aliphatic heterocycles. The van der Waals surface area contributed by atoms with Gasteiger partial charge in [0.15, 0.2) is 0 Å². The minimum atomic E-state index is -0.590. The van der Waals surface area contributed by atoms with Crippen LogP contribution in [0.15, 0.2) is 72.6 Å². The van der Waals surface area contributed by atoms with Gasteiger partial charge in [0.05, 0.1) is 19.0 Å². The fourth-order valence-electron chi connectivity index (χ4n) is 3.59. The number of hydrogen-bond donors (Lipinski definition) is 5. The number of amides is 2. The van der Waals surface area contributed by atoms with Crippen molar-refractivity contribution in [3.05, 3.63) is 95.1 Å². The number of nitrogens with two attached hydrogens (primary N) is 2. The molecule has 0 saturated carbocycles. The zero-order chi connectivity index (χ0) is 24.7. The summed E-state index contributed by atoms with van der Waals surface area (Å²) in [5, 5.41) is 15.1. The molecule has 1 unspecified atom stereocenters. The van der Waals surface area contributed by atoms with E-state index in [-0.39, 0.29) is 24.5 Å². The van der Waals surface area contributed by atoms with E-state index in [0.717, 1.165) is 16.3 Å². The first-order valence-electron chi connectivity index (χ1n) is 10.7. The molecule has 7 N–H and O–H groups in total. The first-order chi connectivity index (χ1) is 16.3. The molecule has 1 atom stereocenters. The molecule has 3 aromatic rings. The quantitative estimate of drug-likeness (QED) is 0.187. The second-order valence-electron chi connectivity index (χ2n) is 8.08. The number of nitrogens with zero attached hydrogens (tertiary/aromatic N) is 1. The largest absolute Gasteiger partial charge is 0.399 e. The lowest BCUT2D eigenvalue weighted by Gasteiger charge is -2.26. The second kappa shape index (κ2) is 11.3. The highest BCUT2D eigenvalue weighted by atomic mass is 19.1. The first kappa shape index (κ1) is 24.7. The Morgan fingerprint density at radius 1 is 1.12 bits per heavy atom. The molecule has 0 aliphatic rings. The molecule has 0 saturated heterocycles. The third-order valence-electron chi connectivity index (χ3n) is 5.44. The van der Waals surface area contributed by atoms with E-state index in [0.29, 0.717) is 17.5 Å². The predicted molar refractivity (Wildman–Crippen MR) is 128 cm³/mol. The zero-order valence-corrected chi connectivity index (χ0v) is 18.8. The Labute approximate surface area is 197 Å². The smallest absolute Gasteiger partial charge is 0.251 e. The minimum absolute atomic E-state index is 0.00213. The van der Waals surface area contributed by atoms with Gasteiger partial charge in [0.2, 0.25) is 5.91 Å². The summed E-state index contributed by atoms with van der Waals surface area (Å²) < 4.78 is 13.4. The molecule has 0 aromatic heterocycles. The molecular weight excluding hydrogens is 437 g/mol. The maximum atomic E-state index is 13.4. The van der Waals surface area contributed by atoms with Crippen molar-refractivity contribution >= 4 is 22.6 Å². The van der Waals surface area contributed by atoms with Crippen LogP contribution in [0.4, 0.5) is 4.39 Å².